The Bertz CT molecular complexity index is 1220. The van der Waals surface area contributed by atoms with Crippen LogP contribution in [0.4, 0.5) is 21.7 Å². The van der Waals surface area contributed by atoms with Crippen molar-refractivity contribution in [3.8, 4) is 0 Å². The molecule has 0 radical (unpaired) electrons. The van der Waals surface area contributed by atoms with Gasteiger partial charge in [-0.2, -0.15) is 15.2 Å². The zero-order chi connectivity index (χ0) is 21.9. The number of nitrogens with zero attached hydrogens (tertiary/aromatic N) is 7. The number of nitrogens with one attached hydrogen (secondary N) is 1. The van der Waals surface area contributed by atoms with E-state index in [4.69, 9.17) is 9.84 Å². The van der Waals surface area contributed by atoms with Crippen LogP contribution in [0.2, 0.25) is 0 Å². The third kappa shape index (κ3) is 4.12. The summed E-state index contributed by atoms with van der Waals surface area (Å²) in [6, 6.07) is 5.43. The van der Waals surface area contributed by atoms with E-state index in [2.05, 4.69) is 25.5 Å². The molecule has 1 aliphatic heterocycles. The Morgan fingerprint density at radius 2 is 2.00 bits per heavy atom. The van der Waals surface area contributed by atoms with Crippen molar-refractivity contribution < 1.29 is 14.2 Å². The van der Waals surface area contributed by atoms with Crippen LogP contribution in [-0.4, -0.2) is 67.5 Å². The molecule has 166 valence electrons. The van der Waals surface area contributed by atoms with E-state index in [0.29, 0.717) is 61.4 Å². The minimum absolute atomic E-state index is 0.00601. The quantitative estimate of drug-likeness (QED) is 0.450. The molecule has 1 saturated heterocycles. The van der Waals surface area contributed by atoms with E-state index in [1.807, 2.05) is 11.0 Å². The highest BCUT2D eigenvalue weighted by molar-refractivity contribution is 5.75. The van der Waals surface area contributed by atoms with Crippen LogP contribution >= 0.6 is 0 Å². The summed E-state index contributed by atoms with van der Waals surface area (Å²) in [6.07, 6.45) is 6.73. The van der Waals surface area contributed by atoms with Gasteiger partial charge < -0.3 is 20.1 Å². The first-order valence-electron chi connectivity index (χ1n) is 10.4. The second-order valence-electron chi connectivity index (χ2n) is 7.47. The lowest BCUT2D eigenvalue weighted by Gasteiger charge is -2.29. The normalized spacial score (nSPS) is 14.2. The minimum atomic E-state index is -0.248. The van der Waals surface area contributed by atoms with Gasteiger partial charge in [-0.15, -0.1) is 0 Å². The molecule has 0 unspecified atom stereocenters. The summed E-state index contributed by atoms with van der Waals surface area (Å²) in [4.78, 5) is 10.9. The number of fused-ring (bicyclic) bond motifs is 1. The summed E-state index contributed by atoms with van der Waals surface area (Å²) in [5, 5.41) is 21.4. The third-order valence-electron chi connectivity index (χ3n) is 5.33. The first-order valence-corrected chi connectivity index (χ1v) is 10.4. The van der Waals surface area contributed by atoms with Crippen LogP contribution in [0.1, 0.15) is 5.56 Å². The number of ether oxygens (including phenoxy) is 1. The predicted octanol–water partition coefficient (Wildman–Crippen LogP) is 1.78. The summed E-state index contributed by atoms with van der Waals surface area (Å²) in [5.41, 5.74) is 2.42. The molecule has 4 aromatic rings. The lowest BCUT2D eigenvalue weighted by molar-refractivity contribution is 0.122. The second kappa shape index (κ2) is 8.89. The van der Waals surface area contributed by atoms with Crippen LogP contribution < -0.4 is 10.2 Å². The fourth-order valence-corrected chi connectivity index (χ4v) is 3.72. The van der Waals surface area contributed by atoms with Gasteiger partial charge in [0.25, 0.3) is 0 Å². The molecular formula is C21H23FN8O2. The molecule has 0 aliphatic carbocycles. The smallest absolute Gasteiger partial charge is 0.229 e. The largest absolute Gasteiger partial charge is 0.394 e. The Labute approximate surface area is 183 Å². The highest BCUT2D eigenvalue weighted by atomic mass is 19.1. The maximum atomic E-state index is 15.3. The van der Waals surface area contributed by atoms with Gasteiger partial charge in [-0.05, 0) is 6.07 Å². The monoisotopic (exact) mass is 438 g/mol. The van der Waals surface area contributed by atoms with Crippen molar-refractivity contribution >= 4 is 28.4 Å². The van der Waals surface area contributed by atoms with Crippen molar-refractivity contribution in [3.05, 3.63) is 54.4 Å². The fraction of sp³-hybridized carbons (Fsp3) is 0.333. The van der Waals surface area contributed by atoms with Gasteiger partial charge in [-0.1, -0.05) is 12.1 Å². The average Bonchev–Trinajstić information content (AvgIpc) is 3.43. The maximum absolute atomic E-state index is 15.3. The van der Waals surface area contributed by atoms with Crippen molar-refractivity contribution in [2.75, 3.05) is 43.1 Å². The second-order valence-corrected chi connectivity index (χ2v) is 7.47. The predicted molar refractivity (Wildman–Crippen MR) is 116 cm³/mol. The minimum Gasteiger partial charge on any atom is -0.394 e. The first kappa shape index (κ1) is 20.3. The zero-order valence-corrected chi connectivity index (χ0v) is 17.4. The Kier molecular flexibility index (Phi) is 5.65. The van der Waals surface area contributed by atoms with Crippen molar-refractivity contribution in [2.24, 2.45) is 0 Å². The number of anilines is 3. The average molecular weight is 438 g/mol. The lowest BCUT2D eigenvalue weighted by Crippen LogP contribution is -2.36. The summed E-state index contributed by atoms with van der Waals surface area (Å²) in [5.74, 6) is 0.132. The van der Waals surface area contributed by atoms with E-state index in [0.717, 1.165) is 5.39 Å². The summed E-state index contributed by atoms with van der Waals surface area (Å²) in [7, 11) is 0. The summed E-state index contributed by atoms with van der Waals surface area (Å²) >= 11 is 0. The van der Waals surface area contributed by atoms with Gasteiger partial charge in [-0.3, -0.25) is 4.68 Å². The van der Waals surface area contributed by atoms with Crippen LogP contribution in [0, 0.1) is 5.82 Å². The van der Waals surface area contributed by atoms with E-state index in [-0.39, 0.29) is 19.0 Å². The molecule has 0 spiro atoms. The molecule has 0 amide bonds. The van der Waals surface area contributed by atoms with Gasteiger partial charge in [0, 0.05) is 31.0 Å². The van der Waals surface area contributed by atoms with Crippen LogP contribution in [0.25, 0.3) is 11.0 Å². The van der Waals surface area contributed by atoms with E-state index in [9.17, 15) is 0 Å². The Balaban J connectivity index is 1.39. The standard InChI is InChI=1S/C21H23FN8O2/c22-19-15(2-1-3-18(19)28-5-8-32-9-6-28)13-30-20-16(11-25-30)10-23-21(27-20)26-17-12-24-29(14-17)4-7-31/h1-3,10-12,14,31H,4-9,13H2,(H,23,26,27). The topological polar surface area (TPSA) is 106 Å². The first-order chi connectivity index (χ1) is 15.7. The molecule has 3 aromatic heterocycles. The maximum Gasteiger partial charge on any atom is 0.229 e. The lowest BCUT2D eigenvalue weighted by atomic mass is 10.1. The van der Waals surface area contributed by atoms with E-state index in [1.165, 1.54) is 0 Å². The number of morpholine rings is 1. The molecule has 11 heteroatoms. The molecule has 0 atom stereocenters. The molecule has 0 saturated carbocycles. The summed E-state index contributed by atoms with van der Waals surface area (Å²) < 4.78 is 23.9. The van der Waals surface area contributed by atoms with Gasteiger partial charge >= 0.3 is 0 Å². The molecule has 2 N–H and O–H groups in total. The van der Waals surface area contributed by atoms with Gasteiger partial charge in [0.05, 0.1) is 62.1 Å². The fourth-order valence-electron chi connectivity index (χ4n) is 3.72. The number of aliphatic hydroxyl groups excluding tert-OH is 1. The molecule has 5 rings (SSSR count). The molecule has 1 aromatic carbocycles. The highest BCUT2D eigenvalue weighted by Crippen LogP contribution is 2.25. The molecule has 1 aliphatic rings. The zero-order valence-electron chi connectivity index (χ0n) is 17.4. The van der Waals surface area contributed by atoms with E-state index < -0.39 is 0 Å². The van der Waals surface area contributed by atoms with Crippen LogP contribution in [0.3, 0.4) is 0 Å². The molecule has 32 heavy (non-hydrogen) atoms. The van der Waals surface area contributed by atoms with Crippen molar-refractivity contribution in [2.45, 2.75) is 13.1 Å². The van der Waals surface area contributed by atoms with E-state index >= 15 is 4.39 Å². The number of hydrogen-bond acceptors (Lipinski definition) is 8. The molecule has 1 fully saturated rings. The van der Waals surface area contributed by atoms with Gasteiger partial charge in [0.15, 0.2) is 11.5 Å². The number of halogens is 1. The number of hydrogen-bond donors (Lipinski definition) is 2. The Morgan fingerprint density at radius 1 is 1.12 bits per heavy atom. The Morgan fingerprint density at radius 3 is 2.84 bits per heavy atom. The van der Waals surface area contributed by atoms with Crippen molar-refractivity contribution in [1.82, 2.24) is 29.5 Å². The number of aliphatic hydroxyl groups is 1. The van der Waals surface area contributed by atoms with Crippen molar-refractivity contribution in [3.63, 3.8) is 0 Å². The number of benzene rings is 1. The molecule has 10 nitrogen and oxygen atoms in total. The van der Waals surface area contributed by atoms with Crippen LogP contribution in [-0.2, 0) is 17.8 Å². The van der Waals surface area contributed by atoms with Gasteiger partial charge in [-0.25, -0.2) is 14.1 Å². The summed E-state index contributed by atoms with van der Waals surface area (Å²) in [6.45, 7) is 3.19. The molecular weight excluding hydrogens is 415 g/mol. The number of aromatic nitrogens is 6. The number of rotatable bonds is 7. The highest BCUT2D eigenvalue weighted by Gasteiger charge is 2.18. The Hall–Kier alpha value is -3.57. The van der Waals surface area contributed by atoms with Gasteiger partial charge in [0.2, 0.25) is 5.95 Å². The third-order valence-corrected chi connectivity index (χ3v) is 5.33. The molecule has 4 heterocycles. The van der Waals surface area contributed by atoms with Crippen LogP contribution in [0.15, 0.2) is 43.0 Å². The van der Waals surface area contributed by atoms with Crippen molar-refractivity contribution in [1.29, 1.82) is 0 Å². The SMILES string of the molecule is OCCn1cc(Nc2ncc3cnn(Cc4cccc(N5CCOCC5)c4F)c3n2)cn1. The molecule has 0 bridgehead atoms. The van der Waals surface area contributed by atoms with Gasteiger partial charge in [0.1, 0.15) is 0 Å². The van der Waals surface area contributed by atoms with Crippen LogP contribution in [0.5, 0.6) is 0 Å². The van der Waals surface area contributed by atoms with E-state index in [1.54, 1.807) is 46.3 Å².